The highest BCUT2D eigenvalue weighted by molar-refractivity contribution is 5.90. The van der Waals surface area contributed by atoms with E-state index in [-0.39, 0.29) is 18.8 Å². The largest absolute Gasteiger partial charge is 0.497 e. The number of ether oxygens (including phenoxy) is 2. The second kappa shape index (κ2) is 7.59. The third kappa shape index (κ3) is 5.04. The molecule has 0 radical (unpaired) electrons. The Bertz CT molecular complexity index is 535. The van der Waals surface area contributed by atoms with Crippen LogP contribution < -0.4 is 4.74 Å². The molecule has 21 heavy (non-hydrogen) atoms. The number of carbonyl (C=O) groups is 2. The molecular weight excluding hydrogens is 272 g/mol. The molecule has 1 N–H and O–H groups in total. The van der Waals surface area contributed by atoms with E-state index in [1.165, 1.54) is 13.0 Å². The summed E-state index contributed by atoms with van der Waals surface area (Å²) in [5, 5.41) is 10.4. The zero-order valence-electron chi connectivity index (χ0n) is 12.5. The molecule has 0 saturated heterocycles. The van der Waals surface area contributed by atoms with Crippen molar-refractivity contribution in [1.29, 1.82) is 0 Å². The van der Waals surface area contributed by atoms with E-state index in [2.05, 4.69) is 0 Å². The molecule has 0 unspecified atom stereocenters. The van der Waals surface area contributed by atoms with Crippen molar-refractivity contribution in [2.75, 3.05) is 13.7 Å². The predicted molar refractivity (Wildman–Crippen MR) is 78.9 cm³/mol. The molecule has 114 valence electrons. The molecule has 5 nitrogen and oxygen atoms in total. The van der Waals surface area contributed by atoms with Gasteiger partial charge in [-0.1, -0.05) is 18.2 Å². The number of hydrogen-bond donors (Lipinski definition) is 1. The minimum Gasteiger partial charge on any atom is -0.497 e. The van der Waals surface area contributed by atoms with E-state index in [1.54, 1.807) is 44.4 Å². The van der Waals surface area contributed by atoms with Crippen molar-refractivity contribution in [3.05, 3.63) is 35.9 Å². The van der Waals surface area contributed by atoms with Gasteiger partial charge in [-0.15, -0.1) is 0 Å². The van der Waals surface area contributed by atoms with E-state index in [0.717, 1.165) is 5.56 Å². The number of ketones is 1. The maximum absolute atomic E-state index is 11.8. The van der Waals surface area contributed by atoms with Crippen molar-refractivity contribution >= 4 is 17.8 Å². The number of methoxy groups -OCH3 is 1. The molecule has 1 aromatic rings. The topological polar surface area (TPSA) is 72.8 Å². The van der Waals surface area contributed by atoms with Gasteiger partial charge in [-0.05, 0) is 37.6 Å². The van der Waals surface area contributed by atoms with Crippen molar-refractivity contribution in [3.63, 3.8) is 0 Å². The molecule has 0 fully saturated rings. The van der Waals surface area contributed by atoms with Crippen LogP contribution in [0.4, 0.5) is 0 Å². The van der Waals surface area contributed by atoms with Gasteiger partial charge in [-0.3, -0.25) is 4.79 Å². The Labute approximate surface area is 124 Å². The standard InChI is InChI=1S/C16H20O5/c1-4-21-15(18)16(19,11-12(2)17)9-8-13-6-5-7-14(10-13)20-3/h5-10,19H,4,11H2,1-3H3/b9-8+/t16-/m1/s1. The highest BCUT2D eigenvalue weighted by atomic mass is 16.5. The highest BCUT2D eigenvalue weighted by Crippen LogP contribution is 2.19. The van der Waals surface area contributed by atoms with E-state index in [1.807, 2.05) is 0 Å². The van der Waals surface area contributed by atoms with Crippen molar-refractivity contribution in [2.45, 2.75) is 25.9 Å². The summed E-state index contributed by atoms with van der Waals surface area (Å²) in [6.07, 6.45) is 2.51. The first-order chi connectivity index (χ1) is 9.91. The lowest BCUT2D eigenvalue weighted by Gasteiger charge is -2.20. The quantitative estimate of drug-likeness (QED) is 0.778. The Morgan fingerprint density at radius 1 is 1.38 bits per heavy atom. The molecular formula is C16H20O5. The van der Waals surface area contributed by atoms with Crippen LogP contribution in [0.5, 0.6) is 5.75 Å². The van der Waals surface area contributed by atoms with Gasteiger partial charge in [0.25, 0.3) is 0 Å². The van der Waals surface area contributed by atoms with E-state index in [9.17, 15) is 14.7 Å². The van der Waals surface area contributed by atoms with Crippen LogP contribution in [-0.4, -0.2) is 36.2 Å². The Morgan fingerprint density at radius 2 is 2.10 bits per heavy atom. The number of carbonyl (C=O) groups excluding carboxylic acids is 2. The van der Waals surface area contributed by atoms with Crippen LogP contribution in [-0.2, 0) is 14.3 Å². The van der Waals surface area contributed by atoms with Crippen molar-refractivity contribution in [1.82, 2.24) is 0 Å². The first kappa shape index (κ1) is 16.9. The van der Waals surface area contributed by atoms with E-state index in [4.69, 9.17) is 9.47 Å². The van der Waals surface area contributed by atoms with Gasteiger partial charge in [0, 0.05) is 6.42 Å². The molecule has 0 saturated carbocycles. The van der Waals surface area contributed by atoms with Crippen LogP contribution in [0.15, 0.2) is 30.3 Å². The van der Waals surface area contributed by atoms with Crippen LogP contribution in [0, 0.1) is 0 Å². The maximum atomic E-state index is 11.8. The summed E-state index contributed by atoms with van der Waals surface area (Å²) in [5.41, 5.74) is -1.22. The van der Waals surface area contributed by atoms with E-state index < -0.39 is 11.6 Å². The number of Topliss-reactive ketones (excluding diaryl/α,β-unsaturated/α-hetero) is 1. The molecule has 0 amide bonds. The summed E-state index contributed by atoms with van der Waals surface area (Å²) >= 11 is 0. The van der Waals surface area contributed by atoms with Gasteiger partial charge >= 0.3 is 5.97 Å². The molecule has 0 aliphatic carbocycles. The zero-order chi connectivity index (χ0) is 15.9. The number of benzene rings is 1. The third-order valence-electron chi connectivity index (χ3n) is 2.79. The lowest BCUT2D eigenvalue weighted by Crippen LogP contribution is -2.39. The van der Waals surface area contributed by atoms with Crippen LogP contribution in [0.25, 0.3) is 6.08 Å². The summed E-state index contributed by atoms with van der Waals surface area (Å²) in [5.74, 6) is -0.483. The molecule has 0 aliphatic heterocycles. The predicted octanol–water partition coefficient (Wildman–Crippen LogP) is 1.98. The summed E-state index contributed by atoms with van der Waals surface area (Å²) in [6, 6.07) is 7.10. The van der Waals surface area contributed by atoms with E-state index in [0.29, 0.717) is 5.75 Å². The average Bonchev–Trinajstić information content (AvgIpc) is 2.45. The molecule has 0 aliphatic rings. The van der Waals surface area contributed by atoms with Crippen molar-refractivity contribution < 1.29 is 24.2 Å². The van der Waals surface area contributed by atoms with Gasteiger partial charge in [-0.25, -0.2) is 4.79 Å². The van der Waals surface area contributed by atoms with Crippen LogP contribution in [0.1, 0.15) is 25.8 Å². The molecule has 1 rings (SSSR count). The molecule has 1 aromatic carbocycles. The normalized spacial score (nSPS) is 13.7. The van der Waals surface area contributed by atoms with Crippen LogP contribution in [0.3, 0.4) is 0 Å². The summed E-state index contributed by atoms with van der Waals surface area (Å²) in [7, 11) is 1.55. The summed E-state index contributed by atoms with van der Waals surface area (Å²) in [4.78, 5) is 23.1. The van der Waals surface area contributed by atoms with Gasteiger partial charge in [0.15, 0.2) is 5.60 Å². The fourth-order valence-corrected chi connectivity index (χ4v) is 1.81. The van der Waals surface area contributed by atoms with Gasteiger partial charge in [-0.2, -0.15) is 0 Å². The monoisotopic (exact) mass is 292 g/mol. The molecule has 0 bridgehead atoms. The second-order valence-electron chi connectivity index (χ2n) is 4.63. The SMILES string of the molecule is CCOC(=O)[C@@](O)(/C=C/c1cccc(OC)c1)CC(C)=O. The molecule has 0 aromatic heterocycles. The fourth-order valence-electron chi connectivity index (χ4n) is 1.81. The minimum atomic E-state index is -1.95. The first-order valence-electron chi connectivity index (χ1n) is 6.63. The van der Waals surface area contributed by atoms with Crippen LogP contribution in [0.2, 0.25) is 0 Å². The van der Waals surface area contributed by atoms with Crippen LogP contribution >= 0.6 is 0 Å². The zero-order valence-corrected chi connectivity index (χ0v) is 12.5. The molecule has 0 heterocycles. The van der Waals surface area contributed by atoms with Gasteiger partial charge in [0.1, 0.15) is 11.5 Å². The Hall–Kier alpha value is -2.14. The smallest absolute Gasteiger partial charge is 0.342 e. The molecule has 1 atom stereocenters. The average molecular weight is 292 g/mol. The first-order valence-corrected chi connectivity index (χ1v) is 6.63. The summed E-state index contributed by atoms with van der Waals surface area (Å²) in [6.45, 7) is 3.08. The number of hydrogen-bond acceptors (Lipinski definition) is 5. The third-order valence-corrected chi connectivity index (χ3v) is 2.79. The Morgan fingerprint density at radius 3 is 2.67 bits per heavy atom. The lowest BCUT2D eigenvalue weighted by molar-refractivity contribution is -0.161. The Kier molecular flexibility index (Phi) is 6.11. The maximum Gasteiger partial charge on any atom is 0.342 e. The molecule has 5 heteroatoms. The minimum absolute atomic E-state index is 0.131. The van der Waals surface area contributed by atoms with Gasteiger partial charge < -0.3 is 14.6 Å². The number of esters is 1. The molecule has 0 spiro atoms. The van der Waals surface area contributed by atoms with Gasteiger partial charge in [0.05, 0.1) is 13.7 Å². The summed E-state index contributed by atoms with van der Waals surface area (Å²) < 4.78 is 9.92. The second-order valence-corrected chi connectivity index (χ2v) is 4.63. The van der Waals surface area contributed by atoms with Crippen molar-refractivity contribution in [2.24, 2.45) is 0 Å². The number of rotatable bonds is 7. The highest BCUT2D eigenvalue weighted by Gasteiger charge is 2.36. The Balaban J connectivity index is 3.01. The van der Waals surface area contributed by atoms with E-state index >= 15 is 0 Å². The lowest BCUT2D eigenvalue weighted by atomic mass is 9.96. The van der Waals surface area contributed by atoms with Gasteiger partial charge in [0.2, 0.25) is 0 Å². The fraction of sp³-hybridized carbons (Fsp3) is 0.375. The van der Waals surface area contributed by atoms with Crippen molar-refractivity contribution in [3.8, 4) is 5.75 Å². The number of aliphatic hydroxyl groups is 1.